The highest BCUT2D eigenvalue weighted by atomic mass is 32.2. The minimum absolute atomic E-state index is 0.157. The number of carbonyl (C=O) groups excluding carboxylic acids is 1. The Labute approximate surface area is 159 Å². The van der Waals surface area contributed by atoms with Crippen molar-refractivity contribution in [1.29, 1.82) is 0 Å². The monoisotopic (exact) mass is 367 g/mol. The maximum Gasteiger partial charge on any atom is 0.232 e. The SMILES string of the molecule is CC(SCC(=O)N(C)CCCc1ccccc1)c1nc2ccccc2[nH]1. The second-order valence-corrected chi connectivity index (χ2v) is 7.83. The van der Waals surface area contributed by atoms with Gasteiger partial charge in [0.05, 0.1) is 22.0 Å². The molecule has 1 heterocycles. The predicted octanol–water partition coefficient (Wildman–Crippen LogP) is 4.45. The van der Waals surface area contributed by atoms with Crippen molar-refractivity contribution < 1.29 is 4.79 Å². The number of carbonyl (C=O) groups is 1. The molecule has 3 aromatic rings. The molecule has 1 aromatic heterocycles. The zero-order chi connectivity index (χ0) is 18.4. The normalized spacial score (nSPS) is 12.2. The van der Waals surface area contributed by atoms with E-state index in [0.29, 0.717) is 5.75 Å². The van der Waals surface area contributed by atoms with Gasteiger partial charge in [0.1, 0.15) is 5.82 Å². The summed E-state index contributed by atoms with van der Waals surface area (Å²) in [5, 5.41) is 0.157. The minimum Gasteiger partial charge on any atom is -0.345 e. The number of fused-ring (bicyclic) bond motifs is 1. The Morgan fingerprint density at radius 2 is 1.88 bits per heavy atom. The maximum atomic E-state index is 12.4. The van der Waals surface area contributed by atoms with Crippen LogP contribution in [0.4, 0.5) is 0 Å². The number of benzene rings is 2. The van der Waals surface area contributed by atoms with E-state index in [1.165, 1.54) is 5.56 Å². The van der Waals surface area contributed by atoms with Gasteiger partial charge < -0.3 is 9.88 Å². The molecule has 5 heteroatoms. The average Bonchev–Trinajstić information content (AvgIpc) is 3.11. The molecular weight excluding hydrogens is 342 g/mol. The highest BCUT2D eigenvalue weighted by Crippen LogP contribution is 2.27. The molecule has 0 aliphatic rings. The van der Waals surface area contributed by atoms with E-state index in [2.05, 4.69) is 41.2 Å². The third kappa shape index (κ3) is 4.88. The van der Waals surface area contributed by atoms with Gasteiger partial charge in [-0.15, -0.1) is 11.8 Å². The molecule has 0 aliphatic heterocycles. The highest BCUT2D eigenvalue weighted by Gasteiger charge is 2.15. The molecule has 0 radical (unpaired) electrons. The second-order valence-electron chi connectivity index (χ2n) is 6.50. The molecule has 3 rings (SSSR count). The van der Waals surface area contributed by atoms with Gasteiger partial charge in [0.15, 0.2) is 0 Å². The number of hydrogen-bond donors (Lipinski definition) is 1. The van der Waals surface area contributed by atoms with Gasteiger partial charge in [-0.1, -0.05) is 42.5 Å². The van der Waals surface area contributed by atoms with Crippen molar-refractivity contribution in [2.75, 3.05) is 19.3 Å². The topological polar surface area (TPSA) is 49.0 Å². The molecule has 0 spiro atoms. The summed E-state index contributed by atoms with van der Waals surface area (Å²) >= 11 is 1.63. The third-order valence-electron chi connectivity index (χ3n) is 4.48. The van der Waals surface area contributed by atoms with Crippen LogP contribution < -0.4 is 0 Å². The quantitative estimate of drug-likeness (QED) is 0.640. The lowest BCUT2D eigenvalue weighted by Gasteiger charge is -2.18. The van der Waals surface area contributed by atoms with Crippen LogP contribution in [0.1, 0.15) is 30.0 Å². The summed E-state index contributed by atoms with van der Waals surface area (Å²) < 4.78 is 0. The van der Waals surface area contributed by atoms with Gasteiger partial charge in [0.2, 0.25) is 5.91 Å². The molecule has 2 aromatic carbocycles. The van der Waals surface area contributed by atoms with Crippen LogP contribution in [0.15, 0.2) is 54.6 Å². The minimum atomic E-state index is 0.157. The zero-order valence-electron chi connectivity index (χ0n) is 15.3. The molecule has 0 bridgehead atoms. The number of rotatable bonds is 8. The Morgan fingerprint density at radius 3 is 2.65 bits per heavy atom. The Kier molecular flexibility index (Phi) is 6.34. The van der Waals surface area contributed by atoms with Gasteiger partial charge >= 0.3 is 0 Å². The first kappa shape index (κ1) is 18.5. The molecule has 4 nitrogen and oxygen atoms in total. The zero-order valence-corrected chi connectivity index (χ0v) is 16.1. The maximum absolute atomic E-state index is 12.4. The van der Waals surface area contributed by atoms with Crippen LogP contribution >= 0.6 is 11.8 Å². The molecule has 1 N–H and O–H groups in total. The van der Waals surface area contributed by atoms with Gasteiger partial charge in [-0.3, -0.25) is 4.79 Å². The number of imidazole rings is 1. The first-order valence-electron chi connectivity index (χ1n) is 8.97. The fourth-order valence-corrected chi connectivity index (χ4v) is 3.72. The second kappa shape index (κ2) is 8.90. The third-order valence-corrected chi connectivity index (χ3v) is 5.61. The lowest BCUT2D eigenvalue weighted by molar-refractivity contribution is -0.127. The lowest BCUT2D eigenvalue weighted by atomic mass is 10.1. The Bertz CT molecular complexity index is 814. The number of nitrogens with zero attached hydrogens (tertiary/aromatic N) is 2. The molecule has 0 fully saturated rings. The van der Waals surface area contributed by atoms with Gasteiger partial charge in [-0.05, 0) is 37.5 Å². The van der Waals surface area contributed by atoms with Crippen LogP contribution in [0.2, 0.25) is 0 Å². The van der Waals surface area contributed by atoms with Gasteiger partial charge in [0.25, 0.3) is 0 Å². The smallest absolute Gasteiger partial charge is 0.232 e. The van der Waals surface area contributed by atoms with Crippen molar-refractivity contribution >= 4 is 28.7 Å². The van der Waals surface area contributed by atoms with Crippen LogP contribution in [0.5, 0.6) is 0 Å². The molecule has 0 aliphatic carbocycles. The van der Waals surface area contributed by atoms with Crippen LogP contribution in [0.3, 0.4) is 0 Å². The number of nitrogens with one attached hydrogen (secondary N) is 1. The van der Waals surface area contributed by atoms with Gasteiger partial charge in [-0.25, -0.2) is 4.98 Å². The molecule has 1 amide bonds. The number of amides is 1. The van der Waals surface area contributed by atoms with Crippen LogP contribution in [-0.4, -0.2) is 40.1 Å². The van der Waals surface area contributed by atoms with Crippen LogP contribution in [0.25, 0.3) is 11.0 Å². The van der Waals surface area contributed by atoms with Gasteiger partial charge in [0, 0.05) is 13.6 Å². The Morgan fingerprint density at radius 1 is 1.15 bits per heavy atom. The van der Waals surface area contributed by atoms with E-state index in [1.807, 2.05) is 42.3 Å². The number of H-pyrrole nitrogens is 1. The average molecular weight is 368 g/mol. The molecular formula is C21H25N3OS. The summed E-state index contributed by atoms with van der Waals surface area (Å²) in [6.45, 7) is 2.87. The van der Waals surface area contributed by atoms with E-state index in [9.17, 15) is 4.79 Å². The van der Waals surface area contributed by atoms with Crippen molar-refractivity contribution in [3.63, 3.8) is 0 Å². The van der Waals surface area contributed by atoms with E-state index in [0.717, 1.165) is 36.2 Å². The largest absolute Gasteiger partial charge is 0.345 e. The molecule has 1 atom stereocenters. The fourth-order valence-electron chi connectivity index (χ4n) is 2.84. The summed E-state index contributed by atoms with van der Waals surface area (Å²) in [4.78, 5) is 22.2. The summed E-state index contributed by atoms with van der Waals surface area (Å²) in [5.74, 6) is 1.57. The number of thioether (sulfide) groups is 1. The molecule has 26 heavy (non-hydrogen) atoms. The van der Waals surface area contributed by atoms with E-state index in [-0.39, 0.29) is 11.2 Å². The Hall–Kier alpha value is -2.27. The number of aromatic nitrogens is 2. The van der Waals surface area contributed by atoms with Crippen molar-refractivity contribution in [1.82, 2.24) is 14.9 Å². The molecule has 0 saturated heterocycles. The van der Waals surface area contributed by atoms with Crippen LogP contribution in [-0.2, 0) is 11.2 Å². The molecule has 1 unspecified atom stereocenters. The fraction of sp³-hybridized carbons (Fsp3) is 0.333. The highest BCUT2D eigenvalue weighted by molar-refractivity contribution is 8.00. The summed E-state index contributed by atoms with van der Waals surface area (Å²) in [6, 6.07) is 18.4. The summed E-state index contributed by atoms with van der Waals surface area (Å²) in [6.07, 6.45) is 1.98. The van der Waals surface area contributed by atoms with Crippen molar-refractivity contribution in [3.05, 3.63) is 66.0 Å². The number of hydrogen-bond acceptors (Lipinski definition) is 3. The first-order valence-corrected chi connectivity index (χ1v) is 10.0. The lowest BCUT2D eigenvalue weighted by Crippen LogP contribution is -2.29. The predicted molar refractivity (Wildman–Crippen MR) is 109 cm³/mol. The standard InChI is InChI=1S/C21H25N3OS/c1-16(21-22-18-12-6-7-13-19(18)23-21)26-15-20(25)24(2)14-8-11-17-9-4-3-5-10-17/h3-7,9-10,12-13,16H,8,11,14-15H2,1-2H3,(H,22,23). The number of para-hydroxylation sites is 2. The van der Waals surface area contributed by atoms with E-state index in [1.54, 1.807) is 11.8 Å². The Balaban J connectivity index is 1.43. The first-order chi connectivity index (χ1) is 12.6. The van der Waals surface area contributed by atoms with Crippen molar-refractivity contribution in [2.24, 2.45) is 0 Å². The molecule has 0 saturated carbocycles. The molecule has 136 valence electrons. The van der Waals surface area contributed by atoms with Crippen molar-refractivity contribution in [2.45, 2.75) is 25.0 Å². The van der Waals surface area contributed by atoms with E-state index >= 15 is 0 Å². The van der Waals surface area contributed by atoms with Crippen molar-refractivity contribution in [3.8, 4) is 0 Å². The van der Waals surface area contributed by atoms with E-state index in [4.69, 9.17) is 0 Å². The number of aryl methyl sites for hydroxylation is 1. The summed E-state index contributed by atoms with van der Waals surface area (Å²) in [7, 11) is 1.89. The van der Waals surface area contributed by atoms with Crippen LogP contribution in [0, 0.1) is 0 Å². The van der Waals surface area contributed by atoms with Gasteiger partial charge in [-0.2, -0.15) is 0 Å². The summed E-state index contributed by atoms with van der Waals surface area (Å²) in [5.41, 5.74) is 3.33. The van der Waals surface area contributed by atoms with E-state index < -0.39 is 0 Å². The number of aromatic amines is 1.